The van der Waals surface area contributed by atoms with E-state index in [-0.39, 0.29) is 0 Å². The van der Waals surface area contributed by atoms with E-state index in [1.54, 1.807) is 22.7 Å². The van der Waals surface area contributed by atoms with Gasteiger partial charge in [0.1, 0.15) is 5.01 Å². The van der Waals surface area contributed by atoms with Crippen LogP contribution < -0.4 is 4.90 Å². The number of para-hydroxylation sites is 3. The van der Waals surface area contributed by atoms with Crippen molar-refractivity contribution in [2.24, 2.45) is 0 Å². The van der Waals surface area contributed by atoms with E-state index in [1.807, 2.05) is 0 Å². The summed E-state index contributed by atoms with van der Waals surface area (Å²) in [5.41, 5.74) is 8.80. The molecule has 0 spiro atoms. The molecule has 7 aromatic carbocycles. The molecule has 4 nitrogen and oxygen atoms in total. The van der Waals surface area contributed by atoms with Gasteiger partial charge in [-0.15, -0.1) is 11.3 Å². The predicted molar refractivity (Wildman–Crippen MR) is 205 cm³/mol. The lowest BCUT2D eigenvalue weighted by atomic mass is 10.0. The van der Waals surface area contributed by atoms with E-state index in [0.29, 0.717) is 0 Å². The molecule has 6 heteroatoms. The van der Waals surface area contributed by atoms with Crippen LogP contribution in [0.5, 0.6) is 0 Å². The maximum atomic E-state index is 5.16. The van der Waals surface area contributed by atoms with Crippen LogP contribution in [-0.2, 0) is 0 Å². The van der Waals surface area contributed by atoms with Crippen LogP contribution >= 0.6 is 22.7 Å². The third kappa shape index (κ3) is 4.34. The van der Waals surface area contributed by atoms with E-state index < -0.39 is 0 Å². The summed E-state index contributed by atoms with van der Waals surface area (Å²) in [4.78, 5) is 12.5. The number of aromatic nitrogens is 3. The van der Waals surface area contributed by atoms with Crippen molar-refractivity contribution in [1.82, 2.24) is 14.5 Å². The van der Waals surface area contributed by atoms with Crippen LogP contribution in [0.2, 0.25) is 0 Å². The SMILES string of the molecule is c1ccc(N(c2ccccc2)c2ccc3nc(-c4ccc5nc(-n6c7ccccc7c7c8ccccc8ccc76)sc5c4)sc3c2)cc1. The molecule has 10 aromatic rings. The van der Waals surface area contributed by atoms with Gasteiger partial charge < -0.3 is 4.90 Å². The second-order valence-corrected chi connectivity index (χ2v) is 13.9. The van der Waals surface area contributed by atoms with Gasteiger partial charge in [-0.05, 0) is 83.6 Å². The van der Waals surface area contributed by atoms with Crippen molar-refractivity contribution >= 4 is 92.7 Å². The number of nitrogens with zero attached hydrogens (tertiary/aromatic N) is 4. The molecule has 10 rings (SSSR count). The zero-order valence-corrected chi connectivity index (χ0v) is 27.2. The van der Waals surface area contributed by atoms with E-state index in [2.05, 4.69) is 167 Å². The maximum Gasteiger partial charge on any atom is 0.195 e. The molecule has 0 bridgehead atoms. The standard InChI is InChI=1S/C42H26N4S2/c1-3-12-29(13-4-1)45(30-14-5-2-6-15-30)31-21-23-34-39(26-31)47-41(43-34)28-19-22-35-38(25-28)48-42(44-35)46-36-18-10-9-17-33(36)40-32-16-8-7-11-27(32)20-24-37(40)46/h1-26H. The number of hydrogen-bond donors (Lipinski definition) is 0. The van der Waals surface area contributed by atoms with Crippen LogP contribution in [0.1, 0.15) is 0 Å². The first-order chi connectivity index (χ1) is 23.8. The quantitative estimate of drug-likeness (QED) is 0.186. The second-order valence-electron chi connectivity index (χ2n) is 11.9. The Hall–Kier alpha value is -5.82. The van der Waals surface area contributed by atoms with Crippen LogP contribution in [0.15, 0.2) is 158 Å². The monoisotopic (exact) mass is 650 g/mol. The topological polar surface area (TPSA) is 34.0 Å². The number of hydrogen-bond acceptors (Lipinski definition) is 5. The van der Waals surface area contributed by atoms with Crippen molar-refractivity contribution in [3.63, 3.8) is 0 Å². The predicted octanol–water partition coefficient (Wildman–Crippen LogP) is 12.3. The molecule has 0 saturated heterocycles. The third-order valence-electron chi connectivity index (χ3n) is 9.04. The van der Waals surface area contributed by atoms with Gasteiger partial charge in [0.2, 0.25) is 0 Å². The highest BCUT2D eigenvalue weighted by Gasteiger charge is 2.18. The lowest BCUT2D eigenvalue weighted by Gasteiger charge is -2.25. The summed E-state index contributed by atoms with van der Waals surface area (Å²) in [5.74, 6) is 0. The van der Waals surface area contributed by atoms with Crippen LogP contribution in [0.25, 0.3) is 68.7 Å². The van der Waals surface area contributed by atoms with E-state index >= 15 is 0 Å². The molecule has 0 N–H and O–H groups in total. The highest BCUT2D eigenvalue weighted by Crippen LogP contribution is 2.41. The van der Waals surface area contributed by atoms with Gasteiger partial charge in [-0.25, -0.2) is 9.97 Å². The van der Waals surface area contributed by atoms with Gasteiger partial charge in [0.15, 0.2) is 5.13 Å². The van der Waals surface area contributed by atoms with Crippen molar-refractivity contribution < 1.29 is 0 Å². The molecule has 0 aliphatic carbocycles. The lowest BCUT2D eigenvalue weighted by molar-refractivity contribution is 1.15. The van der Waals surface area contributed by atoms with E-state index in [1.165, 1.54) is 32.6 Å². The summed E-state index contributed by atoms with van der Waals surface area (Å²) in [5, 5.41) is 7.01. The fourth-order valence-corrected chi connectivity index (χ4v) is 8.89. The van der Waals surface area contributed by atoms with Gasteiger partial charge >= 0.3 is 0 Å². The lowest BCUT2D eigenvalue weighted by Crippen LogP contribution is -2.09. The Kier molecular flexibility index (Phi) is 6.19. The summed E-state index contributed by atoms with van der Waals surface area (Å²) < 4.78 is 4.63. The Morgan fingerprint density at radius 2 is 1.15 bits per heavy atom. The zero-order chi connectivity index (χ0) is 31.6. The van der Waals surface area contributed by atoms with Gasteiger partial charge in [-0.1, -0.05) is 96.3 Å². The van der Waals surface area contributed by atoms with Gasteiger partial charge in [-0.2, -0.15) is 0 Å². The number of fused-ring (bicyclic) bond motifs is 7. The molecular weight excluding hydrogens is 625 g/mol. The first kappa shape index (κ1) is 27.3. The van der Waals surface area contributed by atoms with Crippen molar-refractivity contribution in [2.45, 2.75) is 0 Å². The molecule has 0 unspecified atom stereocenters. The molecule has 3 aromatic heterocycles. The van der Waals surface area contributed by atoms with E-state index in [4.69, 9.17) is 9.97 Å². The number of benzene rings is 7. The molecule has 0 amide bonds. The fraction of sp³-hybridized carbons (Fsp3) is 0. The highest BCUT2D eigenvalue weighted by molar-refractivity contribution is 7.22. The summed E-state index contributed by atoms with van der Waals surface area (Å²) >= 11 is 3.46. The largest absolute Gasteiger partial charge is 0.310 e. The molecule has 0 aliphatic rings. The minimum absolute atomic E-state index is 0.972. The molecular formula is C42H26N4S2. The van der Waals surface area contributed by atoms with Gasteiger partial charge in [-0.3, -0.25) is 4.57 Å². The van der Waals surface area contributed by atoms with Crippen LogP contribution in [0.4, 0.5) is 17.1 Å². The van der Waals surface area contributed by atoms with Crippen LogP contribution in [0, 0.1) is 0 Å². The Morgan fingerprint density at radius 1 is 0.479 bits per heavy atom. The number of anilines is 3. The molecule has 0 atom stereocenters. The fourth-order valence-electron chi connectivity index (χ4n) is 6.86. The average molecular weight is 651 g/mol. The Bertz CT molecular complexity index is 2760. The second kappa shape index (κ2) is 10.9. The van der Waals surface area contributed by atoms with Crippen molar-refractivity contribution in [3.05, 3.63) is 158 Å². The molecule has 0 saturated carbocycles. The first-order valence-corrected chi connectivity index (χ1v) is 17.5. The number of rotatable bonds is 5. The molecule has 48 heavy (non-hydrogen) atoms. The third-order valence-corrected chi connectivity index (χ3v) is 11.1. The van der Waals surface area contributed by atoms with Crippen molar-refractivity contribution in [2.75, 3.05) is 4.90 Å². The van der Waals surface area contributed by atoms with Gasteiger partial charge in [0, 0.05) is 33.4 Å². The zero-order valence-electron chi connectivity index (χ0n) is 25.6. The Morgan fingerprint density at radius 3 is 1.96 bits per heavy atom. The number of thiazole rings is 2. The summed E-state index contributed by atoms with van der Waals surface area (Å²) in [6.45, 7) is 0. The minimum atomic E-state index is 0.972. The summed E-state index contributed by atoms with van der Waals surface area (Å²) in [7, 11) is 0. The van der Waals surface area contributed by atoms with Crippen molar-refractivity contribution in [1.29, 1.82) is 0 Å². The van der Waals surface area contributed by atoms with Gasteiger partial charge in [0.05, 0.1) is 31.5 Å². The van der Waals surface area contributed by atoms with E-state index in [0.717, 1.165) is 53.2 Å². The van der Waals surface area contributed by atoms with Crippen LogP contribution in [0.3, 0.4) is 0 Å². The van der Waals surface area contributed by atoms with Gasteiger partial charge in [0.25, 0.3) is 0 Å². The smallest absolute Gasteiger partial charge is 0.195 e. The van der Waals surface area contributed by atoms with Crippen LogP contribution in [-0.4, -0.2) is 14.5 Å². The Balaban J connectivity index is 1.07. The first-order valence-electron chi connectivity index (χ1n) is 15.9. The molecule has 0 radical (unpaired) electrons. The maximum absolute atomic E-state index is 5.16. The highest BCUT2D eigenvalue weighted by atomic mass is 32.1. The van der Waals surface area contributed by atoms with E-state index in [9.17, 15) is 0 Å². The Labute approximate surface area is 284 Å². The average Bonchev–Trinajstić information content (AvgIpc) is 3.85. The molecule has 0 aliphatic heterocycles. The molecule has 0 fully saturated rings. The molecule has 3 heterocycles. The summed E-state index contributed by atoms with van der Waals surface area (Å²) in [6, 6.07) is 55.9. The molecule has 226 valence electrons. The van der Waals surface area contributed by atoms with Crippen molar-refractivity contribution in [3.8, 4) is 15.7 Å². The summed E-state index contributed by atoms with van der Waals surface area (Å²) in [6.07, 6.45) is 0. The minimum Gasteiger partial charge on any atom is -0.310 e. The normalized spacial score (nSPS) is 11.8.